The maximum absolute atomic E-state index is 11.5. The number of rotatable bonds is 6. The van der Waals surface area contributed by atoms with Gasteiger partial charge in [0, 0.05) is 13.0 Å². The van der Waals surface area contributed by atoms with E-state index in [-0.39, 0.29) is 12.5 Å². The zero-order valence-electron chi connectivity index (χ0n) is 9.48. The van der Waals surface area contributed by atoms with E-state index in [1.54, 1.807) is 24.3 Å². The number of unbranched alkanes of at least 4 members (excludes halogenated alkanes) is 1. The first-order valence-corrected chi connectivity index (χ1v) is 5.44. The highest BCUT2D eigenvalue weighted by Crippen LogP contribution is 2.14. The molecule has 0 bridgehead atoms. The quantitative estimate of drug-likeness (QED) is 0.640. The van der Waals surface area contributed by atoms with Crippen molar-refractivity contribution >= 4 is 17.5 Å². The fourth-order valence-electron chi connectivity index (χ4n) is 1.42. The SMILES string of the molecule is NC(=O)c1ccccc1NC(=O)CCCCO. The fourth-order valence-corrected chi connectivity index (χ4v) is 1.42. The number of aliphatic hydroxyl groups is 1. The summed E-state index contributed by atoms with van der Waals surface area (Å²) in [6.45, 7) is 0.0746. The maximum Gasteiger partial charge on any atom is 0.250 e. The van der Waals surface area contributed by atoms with Crippen molar-refractivity contribution in [1.29, 1.82) is 0 Å². The molecule has 1 rings (SSSR count). The highest BCUT2D eigenvalue weighted by atomic mass is 16.3. The van der Waals surface area contributed by atoms with Gasteiger partial charge in [0.1, 0.15) is 0 Å². The van der Waals surface area contributed by atoms with Crippen molar-refractivity contribution in [2.24, 2.45) is 5.73 Å². The molecule has 1 aromatic rings. The van der Waals surface area contributed by atoms with Gasteiger partial charge in [-0.15, -0.1) is 0 Å². The molecule has 5 nitrogen and oxygen atoms in total. The average Bonchev–Trinajstić information content (AvgIpc) is 2.29. The van der Waals surface area contributed by atoms with Crippen LogP contribution in [0.1, 0.15) is 29.6 Å². The van der Waals surface area contributed by atoms with Crippen molar-refractivity contribution in [3.63, 3.8) is 0 Å². The smallest absolute Gasteiger partial charge is 0.250 e. The van der Waals surface area contributed by atoms with Gasteiger partial charge in [0.15, 0.2) is 0 Å². The zero-order chi connectivity index (χ0) is 12.7. The second-order valence-electron chi connectivity index (χ2n) is 3.64. The number of nitrogens with one attached hydrogen (secondary N) is 1. The average molecular weight is 236 g/mol. The van der Waals surface area contributed by atoms with Gasteiger partial charge < -0.3 is 16.2 Å². The minimum absolute atomic E-state index is 0.0746. The van der Waals surface area contributed by atoms with Crippen LogP contribution in [0.25, 0.3) is 0 Å². The predicted molar refractivity (Wildman–Crippen MR) is 64.5 cm³/mol. The van der Waals surface area contributed by atoms with Crippen molar-refractivity contribution in [3.8, 4) is 0 Å². The van der Waals surface area contributed by atoms with E-state index < -0.39 is 5.91 Å². The first-order valence-electron chi connectivity index (χ1n) is 5.44. The third-order valence-corrected chi connectivity index (χ3v) is 2.28. The first-order chi connectivity index (χ1) is 8.15. The number of nitrogens with two attached hydrogens (primary N) is 1. The molecule has 0 saturated carbocycles. The van der Waals surface area contributed by atoms with Gasteiger partial charge in [-0.3, -0.25) is 9.59 Å². The molecule has 0 aromatic heterocycles. The van der Waals surface area contributed by atoms with Crippen LogP contribution in [-0.4, -0.2) is 23.5 Å². The Hall–Kier alpha value is -1.88. The van der Waals surface area contributed by atoms with Crippen LogP contribution in [0, 0.1) is 0 Å². The van der Waals surface area contributed by atoms with E-state index in [4.69, 9.17) is 10.8 Å². The van der Waals surface area contributed by atoms with Crippen LogP contribution in [0.3, 0.4) is 0 Å². The van der Waals surface area contributed by atoms with Crippen LogP contribution >= 0.6 is 0 Å². The second-order valence-corrected chi connectivity index (χ2v) is 3.64. The molecule has 0 aliphatic heterocycles. The first kappa shape index (κ1) is 13.2. The lowest BCUT2D eigenvalue weighted by molar-refractivity contribution is -0.116. The minimum Gasteiger partial charge on any atom is -0.396 e. The molecular weight excluding hydrogens is 220 g/mol. The normalized spacial score (nSPS) is 9.94. The standard InChI is InChI=1S/C12H16N2O3/c13-12(17)9-5-1-2-6-10(9)14-11(16)7-3-4-8-15/h1-2,5-6,15H,3-4,7-8H2,(H2,13,17)(H,14,16). The molecular formula is C12H16N2O3. The summed E-state index contributed by atoms with van der Waals surface area (Å²) in [5.41, 5.74) is 5.91. The number of hydrogen-bond donors (Lipinski definition) is 3. The van der Waals surface area contributed by atoms with E-state index in [9.17, 15) is 9.59 Å². The monoisotopic (exact) mass is 236 g/mol. The predicted octanol–water partition coefficient (Wildman–Crippen LogP) is 0.887. The largest absolute Gasteiger partial charge is 0.396 e. The zero-order valence-corrected chi connectivity index (χ0v) is 9.48. The Morgan fingerprint density at radius 3 is 2.59 bits per heavy atom. The molecule has 0 aliphatic rings. The van der Waals surface area contributed by atoms with Gasteiger partial charge in [0.2, 0.25) is 5.91 Å². The Labute approximate surface area is 99.6 Å². The molecule has 4 N–H and O–H groups in total. The number of para-hydroxylation sites is 1. The highest BCUT2D eigenvalue weighted by Gasteiger charge is 2.09. The number of anilines is 1. The number of hydrogen-bond acceptors (Lipinski definition) is 3. The second kappa shape index (κ2) is 6.65. The Kier molecular flexibility index (Phi) is 5.16. The molecule has 5 heteroatoms. The van der Waals surface area contributed by atoms with Gasteiger partial charge in [0.25, 0.3) is 5.91 Å². The maximum atomic E-state index is 11.5. The third-order valence-electron chi connectivity index (χ3n) is 2.28. The summed E-state index contributed by atoms with van der Waals surface area (Å²) in [7, 11) is 0. The van der Waals surface area contributed by atoms with E-state index in [0.717, 1.165) is 0 Å². The Balaban J connectivity index is 2.61. The summed E-state index contributed by atoms with van der Waals surface area (Å²) in [6, 6.07) is 6.59. The molecule has 17 heavy (non-hydrogen) atoms. The van der Waals surface area contributed by atoms with E-state index in [1.807, 2.05) is 0 Å². The fraction of sp³-hybridized carbons (Fsp3) is 0.333. The van der Waals surface area contributed by atoms with Gasteiger partial charge in [-0.25, -0.2) is 0 Å². The van der Waals surface area contributed by atoms with Gasteiger partial charge in [-0.05, 0) is 25.0 Å². The van der Waals surface area contributed by atoms with Crippen LogP contribution in [0.5, 0.6) is 0 Å². The molecule has 0 unspecified atom stereocenters. The van der Waals surface area contributed by atoms with E-state index in [2.05, 4.69) is 5.32 Å². The van der Waals surface area contributed by atoms with Crippen molar-refractivity contribution in [2.75, 3.05) is 11.9 Å². The lowest BCUT2D eigenvalue weighted by atomic mass is 10.1. The van der Waals surface area contributed by atoms with Crippen LogP contribution in [0.2, 0.25) is 0 Å². The molecule has 0 aliphatic carbocycles. The summed E-state index contributed by atoms with van der Waals surface area (Å²) in [5.74, 6) is -0.761. The van der Waals surface area contributed by atoms with Crippen molar-refractivity contribution in [3.05, 3.63) is 29.8 Å². The van der Waals surface area contributed by atoms with Crippen LogP contribution in [0.15, 0.2) is 24.3 Å². The van der Waals surface area contributed by atoms with Crippen LogP contribution in [-0.2, 0) is 4.79 Å². The number of carbonyl (C=O) groups excluding carboxylic acids is 2. The van der Waals surface area contributed by atoms with Gasteiger partial charge in [-0.2, -0.15) is 0 Å². The minimum atomic E-state index is -0.573. The topological polar surface area (TPSA) is 92.4 Å². The van der Waals surface area contributed by atoms with E-state index >= 15 is 0 Å². The number of aliphatic hydroxyl groups excluding tert-OH is 1. The highest BCUT2D eigenvalue weighted by molar-refractivity contribution is 6.02. The lowest BCUT2D eigenvalue weighted by Gasteiger charge is -2.08. The lowest BCUT2D eigenvalue weighted by Crippen LogP contribution is -2.17. The Morgan fingerprint density at radius 2 is 1.94 bits per heavy atom. The molecule has 0 spiro atoms. The van der Waals surface area contributed by atoms with Crippen molar-refractivity contribution < 1.29 is 14.7 Å². The number of carbonyl (C=O) groups is 2. The summed E-state index contributed by atoms with van der Waals surface area (Å²) in [6.07, 6.45) is 1.51. The van der Waals surface area contributed by atoms with Gasteiger partial charge in [0.05, 0.1) is 11.3 Å². The van der Waals surface area contributed by atoms with Gasteiger partial charge in [-0.1, -0.05) is 12.1 Å². The summed E-state index contributed by atoms with van der Waals surface area (Å²) < 4.78 is 0. The number of primary amides is 1. The number of amides is 2. The molecule has 92 valence electrons. The van der Waals surface area contributed by atoms with Crippen molar-refractivity contribution in [2.45, 2.75) is 19.3 Å². The third kappa shape index (κ3) is 4.24. The van der Waals surface area contributed by atoms with E-state index in [0.29, 0.717) is 30.5 Å². The Morgan fingerprint density at radius 1 is 1.24 bits per heavy atom. The molecule has 0 atom stereocenters. The molecule has 0 fully saturated rings. The Bertz CT molecular complexity index is 404. The summed E-state index contributed by atoms with van der Waals surface area (Å²) in [5, 5.41) is 11.2. The van der Waals surface area contributed by atoms with Crippen LogP contribution < -0.4 is 11.1 Å². The van der Waals surface area contributed by atoms with Crippen molar-refractivity contribution in [1.82, 2.24) is 0 Å². The van der Waals surface area contributed by atoms with E-state index in [1.165, 1.54) is 0 Å². The summed E-state index contributed by atoms with van der Waals surface area (Å²) in [4.78, 5) is 22.6. The number of benzene rings is 1. The van der Waals surface area contributed by atoms with Gasteiger partial charge >= 0.3 is 0 Å². The molecule has 0 heterocycles. The molecule has 0 saturated heterocycles. The van der Waals surface area contributed by atoms with Crippen LogP contribution in [0.4, 0.5) is 5.69 Å². The molecule has 1 aromatic carbocycles. The molecule has 2 amide bonds. The molecule has 0 radical (unpaired) electrons. The summed E-state index contributed by atoms with van der Waals surface area (Å²) >= 11 is 0.